The van der Waals surface area contributed by atoms with Gasteiger partial charge in [-0.2, -0.15) is 0 Å². The summed E-state index contributed by atoms with van der Waals surface area (Å²) in [5, 5.41) is 3.14. The number of hydrogen-bond acceptors (Lipinski definition) is 3. The molecule has 0 spiro atoms. The average Bonchev–Trinajstić information content (AvgIpc) is 2.73. The fraction of sp³-hybridized carbons (Fsp3) is 0.357. The molecule has 2 rings (SSSR count). The predicted molar refractivity (Wildman–Crippen MR) is 80.5 cm³/mol. The number of benzene rings is 1. The first-order valence-corrected chi connectivity index (χ1v) is 6.90. The summed E-state index contributed by atoms with van der Waals surface area (Å²) in [7, 11) is 3.60. The van der Waals surface area contributed by atoms with Crippen molar-refractivity contribution in [1.29, 1.82) is 0 Å². The zero-order valence-electron chi connectivity index (χ0n) is 11.6. The van der Waals surface area contributed by atoms with Crippen molar-refractivity contribution in [3.05, 3.63) is 33.7 Å². The summed E-state index contributed by atoms with van der Waals surface area (Å²) in [6.07, 6.45) is 0. The lowest BCUT2D eigenvalue weighted by Crippen LogP contribution is -2.07. The Bertz CT molecular complexity index is 593. The van der Waals surface area contributed by atoms with Gasteiger partial charge in [-0.1, -0.05) is 0 Å². The van der Waals surface area contributed by atoms with Crippen LogP contribution in [0, 0.1) is 13.8 Å². The quantitative estimate of drug-likeness (QED) is 0.908. The molecule has 0 saturated carbocycles. The number of aromatic nitrogens is 2. The number of nitrogens with zero attached hydrogens (tertiary/aromatic N) is 1. The minimum atomic E-state index is 0.726. The lowest BCUT2D eigenvalue weighted by Gasteiger charge is -2.11. The minimum Gasteiger partial charge on any atom is -0.496 e. The van der Waals surface area contributed by atoms with Crippen molar-refractivity contribution in [3.63, 3.8) is 0 Å². The van der Waals surface area contributed by atoms with Gasteiger partial charge in [-0.3, -0.25) is 0 Å². The van der Waals surface area contributed by atoms with E-state index in [2.05, 4.69) is 57.2 Å². The van der Waals surface area contributed by atoms with E-state index in [1.165, 1.54) is 11.1 Å². The van der Waals surface area contributed by atoms with Crippen LogP contribution in [0.25, 0.3) is 11.3 Å². The normalized spacial score (nSPS) is 10.8. The summed E-state index contributed by atoms with van der Waals surface area (Å²) < 4.78 is 6.22. The van der Waals surface area contributed by atoms with Gasteiger partial charge in [-0.25, -0.2) is 4.98 Å². The molecule has 4 nitrogen and oxygen atoms in total. The monoisotopic (exact) mass is 323 g/mol. The van der Waals surface area contributed by atoms with E-state index >= 15 is 0 Å². The van der Waals surface area contributed by atoms with Gasteiger partial charge in [0.25, 0.3) is 0 Å². The highest BCUT2D eigenvalue weighted by Crippen LogP contribution is 2.34. The van der Waals surface area contributed by atoms with E-state index < -0.39 is 0 Å². The Balaban J connectivity index is 2.60. The summed E-state index contributed by atoms with van der Waals surface area (Å²) >= 11 is 3.39. The van der Waals surface area contributed by atoms with Crippen molar-refractivity contribution < 1.29 is 4.74 Å². The number of aromatic amines is 1. The summed E-state index contributed by atoms with van der Waals surface area (Å²) in [5.74, 6) is 0.847. The maximum absolute atomic E-state index is 5.49. The smallest absolute Gasteiger partial charge is 0.175 e. The van der Waals surface area contributed by atoms with Crippen molar-refractivity contribution in [2.24, 2.45) is 0 Å². The molecular formula is C14H18BrN3O. The fourth-order valence-corrected chi connectivity index (χ4v) is 2.47. The number of aryl methyl sites for hydroxylation is 2. The van der Waals surface area contributed by atoms with E-state index in [-0.39, 0.29) is 0 Å². The van der Waals surface area contributed by atoms with E-state index in [1.807, 2.05) is 7.05 Å². The molecule has 0 radical (unpaired) electrons. The predicted octanol–water partition coefficient (Wildman–Crippen LogP) is 3.18. The summed E-state index contributed by atoms with van der Waals surface area (Å²) in [6.45, 7) is 4.90. The summed E-state index contributed by atoms with van der Waals surface area (Å²) in [6, 6.07) is 4.17. The summed E-state index contributed by atoms with van der Waals surface area (Å²) in [5.41, 5.74) is 5.41. The first-order chi connectivity index (χ1) is 9.06. The van der Waals surface area contributed by atoms with Gasteiger partial charge in [-0.15, -0.1) is 0 Å². The van der Waals surface area contributed by atoms with Crippen LogP contribution in [0.15, 0.2) is 16.9 Å². The van der Waals surface area contributed by atoms with Crippen LogP contribution in [-0.2, 0) is 6.54 Å². The highest BCUT2D eigenvalue weighted by molar-refractivity contribution is 9.10. The molecule has 2 N–H and O–H groups in total. The molecule has 0 bridgehead atoms. The number of nitrogens with one attached hydrogen (secondary N) is 2. The van der Waals surface area contributed by atoms with E-state index in [0.29, 0.717) is 0 Å². The van der Waals surface area contributed by atoms with E-state index in [9.17, 15) is 0 Å². The van der Waals surface area contributed by atoms with Crippen molar-refractivity contribution >= 4 is 15.9 Å². The molecule has 0 aliphatic carbocycles. The van der Waals surface area contributed by atoms with Crippen LogP contribution in [-0.4, -0.2) is 24.1 Å². The van der Waals surface area contributed by atoms with Crippen molar-refractivity contribution in [2.75, 3.05) is 14.2 Å². The van der Waals surface area contributed by atoms with E-state index in [0.717, 1.165) is 34.0 Å². The average molecular weight is 324 g/mol. The molecular weight excluding hydrogens is 306 g/mol. The van der Waals surface area contributed by atoms with Gasteiger partial charge in [0.2, 0.25) is 0 Å². The second-order valence-corrected chi connectivity index (χ2v) is 5.27. The summed E-state index contributed by atoms with van der Waals surface area (Å²) in [4.78, 5) is 7.74. The zero-order valence-corrected chi connectivity index (χ0v) is 13.2. The molecule has 1 aromatic carbocycles. The van der Waals surface area contributed by atoms with E-state index in [4.69, 9.17) is 4.74 Å². The van der Waals surface area contributed by atoms with Gasteiger partial charge in [0, 0.05) is 12.1 Å². The topological polar surface area (TPSA) is 49.9 Å². The van der Waals surface area contributed by atoms with Gasteiger partial charge in [0.05, 0.1) is 18.5 Å². The Morgan fingerprint density at radius 1 is 1.32 bits per heavy atom. The number of halogens is 1. The molecule has 0 atom stereocenters. The van der Waals surface area contributed by atoms with Crippen LogP contribution >= 0.6 is 15.9 Å². The molecule has 102 valence electrons. The molecule has 0 saturated heterocycles. The molecule has 0 aliphatic heterocycles. The molecule has 1 aromatic heterocycles. The Morgan fingerprint density at radius 3 is 2.63 bits per heavy atom. The first kappa shape index (κ1) is 14.1. The third-order valence-corrected chi connectivity index (χ3v) is 3.55. The highest BCUT2D eigenvalue weighted by atomic mass is 79.9. The van der Waals surface area contributed by atoms with Crippen LogP contribution in [0.5, 0.6) is 5.75 Å². The number of hydrogen-bond donors (Lipinski definition) is 2. The van der Waals surface area contributed by atoms with Crippen LogP contribution < -0.4 is 10.1 Å². The van der Waals surface area contributed by atoms with E-state index in [1.54, 1.807) is 7.11 Å². The number of rotatable bonds is 4. The van der Waals surface area contributed by atoms with Gasteiger partial charge in [-0.05, 0) is 60.1 Å². The standard InChI is InChI=1S/C14H18BrN3O/c1-8-5-10(12(19-4)6-9(8)2)13-11(7-16-3)17-14(15)18-13/h5-6,16H,7H2,1-4H3,(H,17,18). The maximum Gasteiger partial charge on any atom is 0.175 e. The molecule has 0 aliphatic rings. The Hall–Kier alpha value is -1.33. The Labute approximate surface area is 121 Å². The van der Waals surface area contributed by atoms with Crippen LogP contribution in [0.1, 0.15) is 16.8 Å². The molecule has 19 heavy (non-hydrogen) atoms. The van der Waals surface area contributed by atoms with Crippen LogP contribution in [0.3, 0.4) is 0 Å². The van der Waals surface area contributed by atoms with Crippen LogP contribution in [0.2, 0.25) is 0 Å². The number of ether oxygens (including phenoxy) is 1. The number of methoxy groups -OCH3 is 1. The molecule has 5 heteroatoms. The zero-order chi connectivity index (χ0) is 14.0. The fourth-order valence-electron chi connectivity index (χ4n) is 2.05. The van der Waals surface area contributed by atoms with Crippen LogP contribution in [0.4, 0.5) is 0 Å². The van der Waals surface area contributed by atoms with Crippen molar-refractivity contribution in [1.82, 2.24) is 15.3 Å². The Morgan fingerprint density at radius 2 is 2.00 bits per heavy atom. The third-order valence-electron chi connectivity index (χ3n) is 3.17. The van der Waals surface area contributed by atoms with Crippen molar-refractivity contribution in [3.8, 4) is 17.0 Å². The van der Waals surface area contributed by atoms with Crippen molar-refractivity contribution in [2.45, 2.75) is 20.4 Å². The van der Waals surface area contributed by atoms with Gasteiger partial charge in [0.15, 0.2) is 4.73 Å². The van der Waals surface area contributed by atoms with Gasteiger partial charge in [0.1, 0.15) is 5.75 Å². The molecule has 0 unspecified atom stereocenters. The minimum absolute atomic E-state index is 0.726. The van der Waals surface area contributed by atoms with Gasteiger partial charge < -0.3 is 15.0 Å². The highest BCUT2D eigenvalue weighted by Gasteiger charge is 2.16. The lowest BCUT2D eigenvalue weighted by atomic mass is 10.0. The second-order valence-electron chi connectivity index (χ2n) is 4.52. The Kier molecular flexibility index (Phi) is 4.27. The first-order valence-electron chi connectivity index (χ1n) is 6.11. The SMILES string of the molecule is CNCc1[nH]c(Br)nc1-c1cc(C)c(C)cc1OC. The number of H-pyrrole nitrogens is 1. The third kappa shape index (κ3) is 2.82. The van der Waals surface area contributed by atoms with Gasteiger partial charge >= 0.3 is 0 Å². The molecule has 2 aromatic rings. The molecule has 0 amide bonds. The second kappa shape index (κ2) is 5.75. The maximum atomic E-state index is 5.49. The number of imidazole rings is 1. The largest absolute Gasteiger partial charge is 0.496 e. The lowest BCUT2D eigenvalue weighted by molar-refractivity contribution is 0.416. The molecule has 0 fully saturated rings. The molecule has 1 heterocycles.